The number of alkyl halides is 3. The zero-order chi connectivity index (χ0) is 35.7. The van der Waals surface area contributed by atoms with Crippen molar-refractivity contribution in [3.8, 4) is 11.5 Å². The molecule has 3 fully saturated rings. The quantitative estimate of drug-likeness (QED) is 0.0918. The summed E-state index contributed by atoms with van der Waals surface area (Å²) in [4.78, 5) is 56.4. The maximum absolute atomic E-state index is 14.3. The number of hydrogen-bond acceptors (Lipinski definition) is 9. The first kappa shape index (κ1) is 34.2. The van der Waals surface area contributed by atoms with Crippen LogP contribution in [0.1, 0.15) is 24.3 Å². The fourth-order valence-electron chi connectivity index (χ4n) is 7.86. The number of carbonyl (C=O) groups is 4. The van der Waals surface area contributed by atoms with Crippen molar-refractivity contribution in [2.24, 2.45) is 28.0 Å². The minimum absolute atomic E-state index is 0.127. The molecule has 1 N–H and O–H groups in total. The molecule has 0 bridgehead atoms. The molecule has 11 nitrogen and oxygen atoms in total. The van der Waals surface area contributed by atoms with E-state index in [-0.39, 0.29) is 35.7 Å². The van der Waals surface area contributed by atoms with E-state index in [0.717, 1.165) is 10.6 Å². The molecule has 6 unspecified atom stereocenters. The van der Waals surface area contributed by atoms with E-state index >= 15 is 0 Å². The van der Waals surface area contributed by atoms with E-state index in [1.807, 2.05) is 49.3 Å². The first-order valence-electron chi connectivity index (χ1n) is 15.9. The summed E-state index contributed by atoms with van der Waals surface area (Å²) < 4.78 is 5.36. The summed E-state index contributed by atoms with van der Waals surface area (Å²) in [5.41, 5.74) is 3.61. The van der Waals surface area contributed by atoms with Crippen molar-refractivity contribution in [2.45, 2.75) is 28.5 Å². The normalized spacial score (nSPS) is 28.9. The van der Waals surface area contributed by atoms with Crippen molar-refractivity contribution in [3.63, 3.8) is 0 Å². The lowest BCUT2D eigenvalue weighted by Gasteiger charge is -2.50. The molecule has 50 heavy (non-hydrogen) atoms. The minimum Gasteiger partial charge on any atom is -0.504 e. The largest absolute Gasteiger partial charge is 0.504 e. The SMILES string of the molecule is COc1cc(C2C3=CCC4C(=O)N(c5ccc(N=Nc6ccc(N(C)C)cc6)cc5)C(=O)C4C3CC3(Cl)C(=O)N(CBr)C(=O)C23Cl)ccc1O. The lowest BCUT2D eigenvalue weighted by atomic mass is 9.56. The molecule has 2 saturated heterocycles. The number of halogens is 3. The number of carbonyl (C=O) groups excluding carboxylic acids is 4. The molecule has 4 aliphatic rings. The van der Waals surface area contributed by atoms with Crippen LogP contribution in [0.25, 0.3) is 0 Å². The number of amides is 4. The van der Waals surface area contributed by atoms with Gasteiger partial charge in [-0.2, -0.15) is 10.2 Å². The number of phenolic OH excluding ortho intramolecular Hbond substituents is 1. The highest BCUT2D eigenvalue weighted by Gasteiger charge is 2.76. The van der Waals surface area contributed by atoms with Gasteiger partial charge < -0.3 is 14.7 Å². The summed E-state index contributed by atoms with van der Waals surface area (Å²) in [7, 11) is 5.30. The number of methoxy groups -OCH3 is 1. The van der Waals surface area contributed by atoms with Gasteiger partial charge in [0.15, 0.2) is 21.2 Å². The van der Waals surface area contributed by atoms with Crippen molar-refractivity contribution >= 4 is 85.5 Å². The summed E-state index contributed by atoms with van der Waals surface area (Å²) >= 11 is 17.8. The summed E-state index contributed by atoms with van der Waals surface area (Å²) in [5.74, 6) is -5.37. The molecular weight excluding hydrogens is 749 g/mol. The monoisotopic (exact) mass is 779 g/mol. The third kappa shape index (κ3) is 4.97. The molecule has 0 aromatic heterocycles. The van der Waals surface area contributed by atoms with Crippen LogP contribution >= 0.6 is 39.1 Å². The van der Waals surface area contributed by atoms with Gasteiger partial charge in [0.1, 0.15) is 0 Å². The van der Waals surface area contributed by atoms with Gasteiger partial charge in [-0.25, -0.2) is 0 Å². The number of phenols is 1. The van der Waals surface area contributed by atoms with Crippen LogP contribution < -0.4 is 14.5 Å². The Labute approximate surface area is 306 Å². The second-order valence-corrected chi connectivity index (χ2v) is 14.8. The highest BCUT2D eigenvalue weighted by molar-refractivity contribution is 9.09. The molecule has 3 aromatic rings. The average Bonchev–Trinajstić information content (AvgIpc) is 3.45. The van der Waals surface area contributed by atoms with E-state index < -0.39 is 51.1 Å². The summed E-state index contributed by atoms with van der Waals surface area (Å²) in [6, 6.07) is 18.8. The number of fused-ring (bicyclic) bond motifs is 4. The second kappa shape index (κ2) is 12.5. The van der Waals surface area contributed by atoms with E-state index in [2.05, 4.69) is 26.2 Å². The predicted molar refractivity (Wildman–Crippen MR) is 192 cm³/mol. The number of ether oxygens (including phenoxy) is 1. The molecule has 6 atom stereocenters. The van der Waals surface area contributed by atoms with Crippen molar-refractivity contribution in [2.75, 3.05) is 36.5 Å². The Morgan fingerprint density at radius 2 is 1.56 bits per heavy atom. The van der Waals surface area contributed by atoms with E-state index in [1.165, 1.54) is 18.1 Å². The van der Waals surface area contributed by atoms with Gasteiger partial charge in [-0.15, -0.1) is 23.2 Å². The third-order valence-corrected chi connectivity index (χ3v) is 12.2. The highest BCUT2D eigenvalue weighted by Crippen LogP contribution is 2.65. The van der Waals surface area contributed by atoms with Crippen LogP contribution in [0.2, 0.25) is 0 Å². The molecule has 2 aliphatic heterocycles. The molecule has 7 rings (SSSR count). The Bertz CT molecular complexity index is 1990. The van der Waals surface area contributed by atoms with Crippen molar-refractivity contribution < 1.29 is 29.0 Å². The number of imide groups is 2. The Morgan fingerprint density at radius 3 is 2.16 bits per heavy atom. The van der Waals surface area contributed by atoms with Gasteiger partial charge in [0.05, 0.1) is 41.5 Å². The number of likely N-dealkylation sites (tertiary alicyclic amines) is 1. The summed E-state index contributed by atoms with van der Waals surface area (Å²) in [6.07, 6.45) is 1.94. The summed E-state index contributed by atoms with van der Waals surface area (Å²) in [5, 5.41) is 19.0. The lowest BCUT2D eigenvalue weighted by molar-refractivity contribution is -0.138. The van der Waals surface area contributed by atoms with Crippen LogP contribution in [0.5, 0.6) is 11.5 Å². The van der Waals surface area contributed by atoms with E-state index in [0.29, 0.717) is 28.2 Å². The van der Waals surface area contributed by atoms with Gasteiger partial charge in [0, 0.05) is 25.7 Å². The Kier molecular flexibility index (Phi) is 8.55. The zero-order valence-corrected chi connectivity index (χ0v) is 30.3. The Balaban J connectivity index is 1.22. The fraction of sp³-hybridized carbons (Fsp3) is 0.333. The van der Waals surface area contributed by atoms with Crippen LogP contribution in [0, 0.1) is 17.8 Å². The fourth-order valence-corrected chi connectivity index (χ4v) is 9.28. The Morgan fingerprint density at radius 1 is 0.920 bits per heavy atom. The van der Waals surface area contributed by atoms with Crippen LogP contribution in [-0.4, -0.2) is 70.0 Å². The first-order chi connectivity index (χ1) is 23.8. The molecule has 4 amide bonds. The maximum atomic E-state index is 14.3. The first-order valence-corrected chi connectivity index (χ1v) is 17.8. The van der Waals surface area contributed by atoms with Gasteiger partial charge in [-0.3, -0.25) is 29.0 Å². The molecule has 258 valence electrons. The molecule has 0 radical (unpaired) electrons. The van der Waals surface area contributed by atoms with Gasteiger partial charge in [0.2, 0.25) is 11.8 Å². The highest BCUT2D eigenvalue weighted by atomic mass is 79.9. The molecule has 2 aliphatic carbocycles. The van der Waals surface area contributed by atoms with Crippen LogP contribution in [0.3, 0.4) is 0 Å². The molecule has 2 heterocycles. The van der Waals surface area contributed by atoms with Gasteiger partial charge in [-0.05, 0) is 85.0 Å². The van der Waals surface area contributed by atoms with E-state index in [1.54, 1.807) is 36.4 Å². The number of allylic oxidation sites excluding steroid dienone is 2. The maximum Gasteiger partial charge on any atom is 0.254 e. The number of benzene rings is 3. The third-order valence-electron chi connectivity index (χ3n) is 10.3. The predicted octanol–water partition coefficient (Wildman–Crippen LogP) is 6.80. The van der Waals surface area contributed by atoms with Crippen LogP contribution in [-0.2, 0) is 19.2 Å². The topological polar surface area (TPSA) is 132 Å². The second-order valence-electron chi connectivity index (χ2n) is 13.1. The molecule has 0 spiro atoms. The summed E-state index contributed by atoms with van der Waals surface area (Å²) in [6.45, 7) is 0. The number of anilines is 2. The minimum atomic E-state index is -1.96. The number of hydrogen-bond donors (Lipinski definition) is 1. The van der Waals surface area contributed by atoms with Crippen molar-refractivity contribution in [3.05, 3.63) is 83.9 Å². The number of azo groups is 1. The number of rotatable bonds is 7. The van der Waals surface area contributed by atoms with Gasteiger partial charge in [-0.1, -0.05) is 33.6 Å². The number of nitrogens with zero attached hydrogens (tertiary/aromatic N) is 5. The average molecular weight is 781 g/mol. The lowest BCUT2D eigenvalue weighted by Crippen LogP contribution is -2.60. The molecule has 14 heteroatoms. The van der Waals surface area contributed by atoms with E-state index in [9.17, 15) is 24.3 Å². The standard InChI is InChI=1S/C36H32BrCl2N5O6/c1-42(2)22-9-5-20(6-10-22)40-41-21-7-11-23(12-8-21)44-31(46)25-14-13-24-26(29(25)32(44)47)17-35(38)33(48)43(18-37)34(49)36(35,39)30(24)19-4-15-27(45)28(16-19)50-3/h4-13,15-16,25-26,29-30,45H,14,17-18H2,1-3H3. The molecule has 3 aromatic carbocycles. The molecule has 1 saturated carbocycles. The van der Waals surface area contributed by atoms with Gasteiger partial charge >= 0.3 is 0 Å². The zero-order valence-electron chi connectivity index (χ0n) is 27.2. The van der Waals surface area contributed by atoms with Crippen LogP contribution in [0.4, 0.5) is 22.7 Å². The molecular formula is C36H32BrCl2N5O6. The Hall–Kier alpha value is -4.26. The van der Waals surface area contributed by atoms with Gasteiger partial charge in [0.25, 0.3) is 11.8 Å². The van der Waals surface area contributed by atoms with E-state index in [4.69, 9.17) is 27.9 Å². The number of aromatic hydroxyl groups is 1. The van der Waals surface area contributed by atoms with Crippen molar-refractivity contribution in [1.82, 2.24) is 4.90 Å². The smallest absolute Gasteiger partial charge is 0.254 e. The van der Waals surface area contributed by atoms with Crippen molar-refractivity contribution in [1.29, 1.82) is 0 Å². The van der Waals surface area contributed by atoms with Crippen LogP contribution in [0.15, 0.2) is 88.6 Å².